The zero-order valence-corrected chi connectivity index (χ0v) is 10.0. The maximum atomic E-state index is 13.6. The topological polar surface area (TPSA) is 61.0 Å². The van der Waals surface area contributed by atoms with Gasteiger partial charge >= 0.3 is 0 Å². The second kappa shape index (κ2) is 5.55. The molecule has 18 heavy (non-hydrogen) atoms. The maximum Gasteiger partial charge on any atom is 0.216 e. The molecule has 2 aromatic rings. The highest BCUT2D eigenvalue weighted by Crippen LogP contribution is 2.19. The quantitative estimate of drug-likeness (QED) is 0.895. The minimum Gasteiger partial charge on any atom is -0.481 e. The van der Waals surface area contributed by atoms with Gasteiger partial charge in [-0.25, -0.2) is 14.4 Å². The number of hydrogen-bond donors (Lipinski definition) is 1. The van der Waals surface area contributed by atoms with Crippen LogP contribution in [0, 0.1) is 5.82 Å². The van der Waals surface area contributed by atoms with E-state index in [1.54, 1.807) is 24.3 Å². The molecule has 0 spiro atoms. The molecule has 4 nitrogen and oxygen atoms in total. The Morgan fingerprint density at radius 1 is 1.33 bits per heavy atom. The van der Waals surface area contributed by atoms with Crippen molar-refractivity contribution in [3.63, 3.8) is 0 Å². The first-order valence-electron chi connectivity index (χ1n) is 5.55. The largest absolute Gasteiger partial charge is 0.481 e. The molecule has 5 heteroatoms. The Bertz CT molecular complexity index is 533. The number of nitrogens with two attached hydrogens (primary N) is 1. The Kier molecular flexibility index (Phi) is 3.84. The van der Waals surface area contributed by atoms with Crippen molar-refractivity contribution in [1.82, 2.24) is 9.97 Å². The minimum absolute atomic E-state index is 0.300. The van der Waals surface area contributed by atoms with Gasteiger partial charge in [0.2, 0.25) is 5.88 Å². The molecule has 2 N–H and O–H groups in total. The van der Waals surface area contributed by atoms with Crippen LogP contribution in [-0.2, 0) is 6.42 Å². The van der Waals surface area contributed by atoms with Crippen LogP contribution >= 0.6 is 0 Å². The van der Waals surface area contributed by atoms with Crippen LogP contribution in [0.2, 0.25) is 0 Å². The number of ether oxygens (including phenoxy) is 1. The first-order valence-corrected chi connectivity index (χ1v) is 5.55. The van der Waals surface area contributed by atoms with Crippen LogP contribution in [0.5, 0.6) is 5.88 Å². The molecule has 0 fully saturated rings. The molecule has 1 atom stereocenters. The van der Waals surface area contributed by atoms with Crippen molar-refractivity contribution in [2.75, 3.05) is 7.11 Å². The number of rotatable bonds is 4. The van der Waals surface area contributed by atoms with E-state index in [1.807, 2.05) is 0 Å². The van der Waals surface area contributed by atoms with Gasteiger partial charge in [-0.05, 0) is 6.07 Å². The fourth-order valence-electron chi connectivity index (χ4n) is 1.71. The van der Waals surface area contributed by atoms with Gasteiger partial charge in [0.25, 0.3) is 0 Å². The van der Waals surface area contributed by atoms with E-state index in [0.29, 0.717) is 17.9 Å². The third-order valence-corrected chi connectivity index (χ3v) is 2.64. The molecule has 2 rings (SSSR count). The summed E-state index contributed by atoms with van der Waals surface area (Å²) in [4.78, 5) is 8.00. The first kappa shape index (κ1) is 12.4. The summed E-state index contributed by atoms with van der Waals surface area (Å²) in [5.41, 5.74) is 7.18. The molecule has 0 aliphatic rings. The third-order valence-electron chi connectivity index (χ3n) is 2.64. The van der Waals surface area contributed by atoms with Crippen molar-refractivity contribution in [3.05, 3.63) is 53.7 Å². The van der Waals surface area contributed by atoms with Gasteiger partial charge in [0.05, 0.1) is 7.11 Å². The van der Waals surface area contributed by atoms with Crippen LogP contribution in [0.15, 0.2) is 36.7 Å². The molecule has 0 saturated heterocycles. The van der Waals surface area contributed by atoms with E-state index in [-0.39, 0.29) is 5.82 Å². The summed E-state index contributed by atoms with van der Waals surface area (Å²) in [7, 11) is 1.53. The molecule has 94 valence electrons. The van der Waals surface area contributed by atoms with Crippen molar-refractivity contribution in [1.29, 1.82) is 0 Å². The molecular weight excluding hydrogens is 233 g/mol. The molecule has 1 unspecified atom stereocenters. The lowest BCUT2D eigenvalue weighted by atomic mass is 10.0. The second-order valence-electron chi connectivity index (χ2n) is 3.88. The Balaban J connectivity index is 2.16. The summed E-state index contributed by atoms with van der Waals surface area (Å²) < 4.78 is 18.6. The molecule has 0 radical (unpaired) electrons. The van der Waals surface area contributed by atoms with E-state index in [1.165, 1.54) is 19.5 Å². The Morgan fingerprint density at radius 2 is 2.11 bits per heavy atom. The molecule has 0 saturated carbocycles. The van der Waals surface area contributed by atoms with Crippen molar-refractivity contribution in [3.8, 4) is 5.88 Å². The van der Waals surface area contributed by atoms with Crippen LogP contribution < -0.4 is 10.5 Å². The Labute approximate surface area is 105 Å². The summed E-state index contributed by atoms with van der Waals surface area (Å²) in [6.45, 7) is 0. The van der Waals surface area contributed by atoms with E-state index in [4.69, 9.17) is 10.5 Å². The molecule has 0 amide bonds. The summed E-state index contributed by atoms with van der Waals surface area (Å²) in [6.07, 6.45) is 1.84. The van der Waals surface area contributed by atoms with E-state index in [2.05, 4.69) is 9.97 Å². The van der Waals surface area contributed by atoms with Crippen LogP contribution in [0.1, 0.15) is 17.3 Å². The third kappa shape index (κ3) is 2.81. The lowest BCUT2D eigenvalue weighted by Crippen LogP contribution is -2.15. The predicted molar refractivity (Wildman–Crippen MR) is 65.6 cm³/mol. The summed E-state index contributed by atoms with van der Waals surface area (Å²) >= 11 is 0. The minimum atomic E-state index is -0.439. The number of nitrogens with zero attached hydrogens (tertiary/aromatic N) is 2. The SMILES string of the molecule is COc1cc(CC(N)c2ccccc2F)ncn1. The molecule has 1 heterocycles. The van der Waals surface area contributed by atoms with Crippen molar-refractivity contribution in [2.24, 2.45) is 5.73 Å². The van der Waals surface area contributed by atoms with Crippen LogP contribution in [0.4, 0.5) is 4.39 Å². The van der Waals surface area contributed by atoms with Gasteiger partial charge < -0.3 is 10.5 Å². The number of halogens is 1. The predicted octanol–water partition coefficient (Wildman–Crippen LogP) is 1.87. The van der Waals surface area contributed by atoms with Crippen LogP contribution in [-0.4, -0.2) is 17.1 Å². The Morgan fingerprint density at radius 3 is 2.83 bits per heavy atom. The number of hydrogen-bond acceptors (Lipinski definition) is 4. The van der Waals surface area contributed by atoms with E-state index in [0.717, 1.165) is 5.69 Å². The monoisotopic (exact) mass is 247 g/mol. The van der Waals surface area contributed by atoms with Crippen molar-refractivity contribution < 1.29 is 9.13 Å². The highest BCUT2D eigenvalue weighted by atomic mass is 19.1. The molecule has 1 aromatic carbocycles. The molecular formula is C13H14FN3O. The van der Waals surface area contributed by atoms with Gasteiger partial charge in [-0.3, -0.25) is 0 Å². The van der Waals surface area contributed by atoms with Gasteiger partial charge in [0.15, 0.2) is 0 Å². The average Bonchev–Trinajstić information content (AvgIpc) is 2.39. The summed E-state index contributed by atoms with van der Waals surface area (Å²) in [6, 6.07) is 7.73. The fourth-order valence-corrected chi connectivity index (χ4v) is 1.71. The first-order chi connectivity index (χ1) is 8.70. The van der Waals surface area contributed by atoms with Crippen LogP contribution in [0.3, 0.4) is 0 Å². The number of methoxy groups -OCH3 is 1. The smallest absolute Gasteiger partial charge is 0.216 e. The number of benzene rings is 1. The molecule has 0 bridgehead atoms. The summed E-state index contributed by atoms with van der Waals surface area (Å²) in [5.74, 6) is 0.173. The fraction of sp³-hybridized carbons (Fsp3) is 0.231. The standard InChI is InChI=1S/C13H14FN3O/c1-18-13-7-9(16-8-17-13)6-12(15)10-4-2-3-5-11(10)14/h2-5,7-8,12H,6,15H2,1H3. The zero-order valence-electron chi connectivity index (χ0n) is 10.0. The van der Waals surface area contributed by atoms with E-state index in [9.17, 15) is 4.39 Å². The second-order valence-corrected chi connectivity index (χ2v) is 3.88. The zero-order chi connectivity index (χ0) is 13.0. The normalized spacial score (nSPS) is 12.2. The average molecular weight is 247 g/mol. The van der Waals surface area contributed by atoms with Gasteiger partial charge in [0, 0.05) is 29.8 Å². The van der Waals surface area contributed by atoms with E-state index < -0.39 is 6.04 Å². The maximum absolute atomic E-state index is 13.6. The molecule has 0 aliphatic carbocycles. The van der Waals surface area contributed by atoms with Gasteiger partial charge in [0.1, 0.15) is 12.1 Å². The number of aromatic nitrogens is 2. The van der Waals surface area contributed by atoms with Crippen molar-refractivity contribution in [2.45, 2.75) is 12.5 Å². The van der Waals surface area contributed by atoms with Crippen molar-refractivity contribution >= 4 is 0 Å². The molecule has 1 aromatic heterocycles. The lowest BCUT2D eigenvalue weighted by molar-refractivity contribution is 0.395. The van der Waals surface area contributed by atoms with Crippen LogP contribution in [0.25, 0.3) is 0 Å². The lowest BCUT2D eigenvalue weighted by Gasteiger charge is -2.12. The Hall–Kier alpha value is -2.01. The molecule has 0 aliphatic heterocycles. The summed E-state index contributed by atoms with van der Waals surface area (Å²) in [5, 5.41) is 0. The van der Waals surface area contributed by atoms with E-state index >= 15 is 0 Å². The van der Waals surface area contributed by atoms with Gasteiger partial charge in [-0.1, -0.05) is 18.2 Å². The van der Waals surface area contributed by atoms with Gasteiger partial charge in [-0.15, -0.1) is 0 Å². The van der Waals surface area contributed by atoms with Gasteiger partial charge in [-0.2, -0.15) is 0 Å². The highest BCUT2D eigenvalue weighted by molar-refractivity contribution is 5.23. The highest BCUT2D eigenvalue weighted by Gasteiger charge is 2.12.